The fraction of sp³-hybridized carbons (Fsp3) is 0.538. The molecule has 1 aromatic carbocycles. The first-order chi connectivity index (χ1) is 7.66. The van der Waals surface area contributed by atoms with Crippen molar-refractivity contribution in [3.63, 3.8) is 0 Å². The standard InChI is InChI=1S/C13H19BrN2/c1-9-12(14)6-3-7-13(9)16-11-5-2-4-10(15)8-11/h3,6-7,10-11,16H,2,4-5,8,15H2,1H3. The van der Waals surface area contributed by atoms with Gasteiger partial charge in [-0.25, -0.2) is 0 Å². The van der Waals surface area contributed by atoms with E-state index in [0.29, 0.717) is 12.1 Å². The Balaban J connectivity index is 2.05. The molecule has 0 aliphatic heterocycles. The molecular weight excluding hydrogens is 264 g/mol. The third kappa shape index (κ3) is 2.77. The van der Waals surface area contributed by atoms with Gasteiger partial charge in [-0.05, 0) is 50.3 Å². The van der Waals surface area contributed by atoms with Crippen LogP contribution in [0.3, 0.4) is 0 Å². The van der Waals surface area contributed by atoms with Gasteiger partial charge in [0.1, 0.15) is 0 Å². The first kappa shape index (κ1) is 11.9. The highest BCUT2D eigenvalue weighted by Crippen LogP contribution is 2.27. The Morgan fingerprint density at radius 2 is 2.19 bits per heavy atom. The van der Waals surface area contributed by atoms with Crippen molar-refractivity contribution in [2.24, 2.45) is 5.73 Å². The molecule has 0 amide bonds. The number of hydrogen-bond acceptors (Lipinski definition) is 2. The molecule has 1 aromatic rings. The molecular formula is C13H19BrN2. The summed E-state index contributed by atoms with van der Waals surface area (Å²) in [6, 6.07) is 7.20. The Kier molecular flexibility index (Phi) is 3.87. The molecule has 0 heterocycles. The Bertz CT molecular complexity index is 365. The van der Waals surface area contributed by atoms with Gasteiger partial charge in [-0.15, -0.1) is 0 Å². The average molecular weight is 283 g/mol. The molecule has 3 N–H and O–H groups in total. The number of anilines is 1. The van der Waals surface area contributed by atoms with E-state index in [1.165, 1.54) is 30.5 Å². The Morgan fingerprint density at radius 1 is 1.38 bits per heavy atom. The lowest BCUT2D eigenvalue weighted by Crippen LogP contribution is -2.35. The van der Waals surface area contributed by atoms with Crippen LogP contribution in [-0.4, -0.2) is 12.1 Å². The molecule has 1 aliphatic rings. The maximum atomic E-state index is 6.00. The molecule has 0 radical (unpaired) electrons. The fourth-order valence-corrected chi connectivity index (χ4v) is 2.71. The molecule has 2 atom stereocenters. The summed E-state index contributed by atoms with van der Waals surface area (Å²) in [6.45, 7) is 2.13. The van der Waals surface area contributed by atoms with Gasteiger partial charge in [0.25, 0.3) is 0 Å². The summed E-state index contributed by atoms with van der Waals surface area (Å²) in [5.74, 6) is 0. The predicted octanol–water partition coefficient (Wildman–Crippen LogP) is 3.44. The summed E-state index contributed by atoms with van der Waals surface area (Å²) in [4.78, 5) is 0. The van der Waals surface area contributed by atoms with E-state index in [1.807, 2.05) is 0 Å². The molecule has 2 rings (SSSR count). The van der Waals surface area contributed by atoms with E-state index in [-0.39, 0.29) is 0 Å². The number of benzene rings is 1. The number of nitrogens with two attached hydrogens (primary N) is 1. The number of halogens is 1. The van der Waals surface area contributed by atoms with Crippen molar-refractivity contribution in [3.8, 4) is 0 Å². The molecule has 0 spiro atoms. The highest BCUT2D eigenvalue weighted by molar-refractivity contribution is 9.10. The van der Waals surface area contributed by atoms with Crippen molar-refractivity contribution in [2.45, 2.75) is 44.7 Å². The van der Waals surface area contributed by atoms with Gasteiger partial charge in [-0.1, -0.05) is 22.0 Å². The van der Waals surface area contributed by atoms with Gasteiger partial charge in [-0.3, -0.25) is 0 Å². The molecule has 1 aliphatic carbocycles. The minimum atomic E-state index is 0.374. The molecule has 16 heavy (non-hydrogen) atoms. The molecule has 0 saturated heterocycles. The number of hydrogen-bond donors (Lipinski definition) is 2. The van der Waals surface area contributed by atoms with E-state index in [0.717, 1.165) is 10.9 Å². The van der Waals surface area contributed by atoms with E-state index >= 15 is 0 Å². The molecule has 1 fully saturated rings. The fourth-order valence-electron chi connectivity index (χ4n) is 2.34. The molecule has 0 bridgehead atoms. The second-order valence-corrected chi connectivity index (χ2v) is 5.53. The van der Waals surface area contributed by atoms with Crippen molar-refractivity contribution in [1.29, 1.82) is 0 Å². The Hall–Kier alpha value is -0.540. The van der Waals surface area contributed by atoms with Gasteiger partial charge in [0.05, 0.1) is 0 Å². The Morgan fingerprint density at radius 3 is 2.94 bits per heavy atom. The SMILES string of the molecule is Cc1c(Br)cccc1NC1CCCC(N)C1. The van der Waals surface area contributed by atoms with Gasteiger partial charge in [0.15, 0.2) is 0 Å². The van der Waals surface area contributed by atoms with Crippen LogP contribution in [0.5, 0.6) is 0 Å². The van der Waals surface area contributed by atoms with Gasteiger partial charge in [-0.2, -0.15) is 0 Å². The van der Waals surface area contributed by atoms with E-state index in [9.17, 15) is 0 Å². The van der Waals surface area contributed by atoms with Crippen molar-refractivity contribution >= 4 is 21.6 Å². The second kappa shape index (κ2) is 5.19. The summed E-state index contributed by atoms with van der Waals surface area (Å²) >= 11 is 3.56. The third-order valence-electron chi connectivity index (χ3n) is 3.34. The maximum Gasteiger partial charge on any atom is 0.0383 e. The van der Waals surface area contributed by atoms with Crippen LogP contribution in [0.15, 0.2) is 22.7 Å². The molecule has 1 saturated carbocycles. The predicted molar refractivity (Wildman–Crippen MR) is 72.7 cm³/mol. The molecule has 0 aromatic heterocycles. The van der Waals surface area contributed by atoms with Gasteiger partial charge in [0, 0.05) is 22.2 Å². The normalized spacial score (nSPS) is 25.4. The summed E-state index contributed by atoms with van der Waals surface area (Å²) < 4.78 is 1.16. The van der Waals surface area contributed by atoms with E-state index in [2.05, 4.69) is 46.4 Å². The summed E-state index contributed by atoms with van der Waals surface area (Å²) in [5.41, 5.74) is 8.51. The van der Waals surface area contributed by atoms with Gasteiger partial charge in [0.2, 0.25) is 0 Å². The van der Waals surface area contributed by atoms with Crippen LogP contribution < -0.4 is 11.1 Å². The molecule has 3 heteroatoms. The van der Waals surface area contributed by atoms with Crippen molar-refractivity contribution < 1.29 is 0 Å². The first-order valence-electron chi connectivity index (χ1n) is 5.94. The lowest BCUT2D eigenvalue weighted by atomic mass is 9.91. The lowest BCUT2D eigenvalue weighted by Gasteiger charge is -2.28. The van der Waals surface area contributed by atoms with E-state index < -0.39 is 0 Å². The van der Waals surface area contributed by atoms with Crippen molar-refractivity contribution in [1.82, 2.24) is 0 Å². The number of nitrogens with one attached hydrogen (secondary N) is 1. The third-order valence-corrected chi connectivity index (χ3v) is 4.20. The van der Waals surface area contributed by atoms with Crippen LogP contribution in [0.2, 0.25) is 0 Å². The first-order valence-corrected chi connectivity index (χ1v) is 6.73. The summed E-state index contributed by atoms with van der Waals surface area (Å²) in [7, 11) is 0. The van der Waals surface area contributed by atoms with E-state index in [1.54, 1.807) is 0 Å². The maximum absolute atomic E-state index is 6.00. The molecule has 2 nitrogen and oxygen atoms in total. The van der Waals surface area contributed by atoms with Crippen LogP contribution >= 0.6 is 15.9 Å². The topological polar surface area (TPSA) is 38.0 Å². The zero-order valence-electron chi connectivity index (χ0n) is 9.67. The minimum absolute atomic E-state index is 0.374. The van der Waals surface area contributed by atoms with Crippen LogP contribution in [0, 0.1) is 6.92 Å². The quantitative estimate of drug-likeness (QED) is 0.872. The smallest absolute Gasteiger partial charge is 0.0383 e. The van der Waals surface area contributed by atoms with Gasteiger partial charge < -0.3 is 11.1 Å². The van der Waals surface area contributed by atoms with Crippen molar-refractivity contribution in [2.75, 3.05) is 5.32 Å². The van der Waals surface area contributed by atoms with E-state index in [4.69, 9.17) is 5.73 Å². The lowest BCUT2D eigenvalue weighted by molar-refractivity contribution is 0.409. The van der Waals surface area contributed by atoms with Gasteiger partial charge >= 0.3 is 0 Å². The monoisotopic (exact) mass is 282 g/mol. The minimum Gasteiger partial charge on any atom is -0.382 e. The summed E-state index contributed by atoms with van der Waals surface area (Å²) in [6.07, 6.45) is 4.74. The van der Waals surface area contributed by atoms with Crippen LogP contribution in [0.4, 0.5) is 5.69 Å². The van der Waals surface area contributed by atoms with Crippen LogP contribution in [-0.2, 0) is 0 Å². The zero-order chi connectivity index (χ0) is 11.5. The largest absolute Gasteiger partial charge is 0.382 e. The average Bonchev–Trinajstić information content (AvgIpc) is 2.25. The highest BCUT2D eigenvalue weighted by atomic mass is 79.9. The molecule has 2 unspecified atom stereocenters. The number of rotatable bonds is 2. The zero-order valence-corrected chi connectivity index (χ0v) is 11.3. The van der Waals surface area contributed by atoms with Crippen LogP contribution in [0.25, 0.3) is 0 Å². The molecule has 88 valence electrons. The highest BCUT2D eigenvalue weighted by Gasteiger charge is 2.19. The second-order valence-electron chi connectivity index (χ2n) is 4.68. The summed E-state index contributed by atoms with van der Waals surface area (Å²) in [5, 5.41) is 3.61. The van der Waals surface area contributed by atoms with Crippen LogP contribution in [0.1, 0.15) is 31.2 Å². The Labute approximate surface area is 106 Å². The van der Waals surface area contributed by atoms with Crippen molar-refractivity contribution in [3.05, 3.63) is 28.2 Å².